The van der Waals surface area contributed by atoms with E-state index in [0.717, 1.165) is 37.7 Å². The van der Waals surface area contributed by atoms with E-state index in [4.69, 9.17) is 4.99 Å². The van der Waals surface area contributed by atoms with E-state index < -0.39 is 0 Å². The zero-order chi connectivity index (χ0) is 22.0. The third-order valence-electron chi connectivity index (χ3n) is 5.09. The summed E-state index contributed by atoms with van der Waals surface area (Å²) in [7, 11) is 0. The summed E-state index contributed by atoms with van der Waals surface area (Å²) in [5.74, 6) is 0.834. The number of nitrogens with zero attached hydrogens (tertiary/aromatic N) is 5. The summed E-state index contributed by atoms with van der Waals surface area (Å²) >= 11 is 0. The van der Waals surface area contributed by atoms with Crippen LogP contribution in [0.25, 0.3) is 5.69 Å². The number of hydrogen-bond donors (Lipinski definition) is 2. The van der Waals surface area contributed by atoms with Gasteiger partial charge in [0.25, 0.3) is 0 Å². The highest BCUT2D eigenvalue weighted by Gasteiger charge is 2.02. The lowest BCUT2D eigenvalue weighted by Gasteiger charge is -2.12. The van der Waals surface area contributed by atoms with E-state index in [2.05, 4.69) is 80.7 Å². The van der Waals surface area contributed by atoms with E-state index in [9.17, 15) is 0 Å². The van der Waals surface area contributed by atoms with Crippen molar-refractivity contribution in [1.82, 2.24) is 30.0 Å². The average Bonchev–Trinajstić information content (AvgIpc) is 3.53. The maximum absolute atomic E-state index is 4.76. The number of aliphatic imine (C=N–C) groups is 1. The molecule has 2 heterocycles. The third kappa shape index (κ3) is 7.45. The predicted octanol–water partition coefficient (Wildman–Crippen LogP) is 4.03. The molecule has 4 aromatic rings. The second-order valence-electron chi connectivity index (χ2n) is 7.54. The molecule has 2 aromatic carbocycles. The average molecular weight is 555 g/mol. The first kappa shape index (κ1) is 24.5. The summed E-state index contributed by atoms with van der Waals surface area (Å²) in [5.41, 5.74) is 4.77. The first-order chi connectivity index (χ1) is 15.8. The highest BCUT2D eigenvalue weighted by molar-refractivity contribution is 14.0. The van der Waals surface area contributed by atoms with Crippen LogP contribution in [0.3, 0.4) is 0 Å². The van der Waals surface area contributed by atoms with Crippen molar-refractivity contribution in [1.29, 1.82) is 0 Å². The Morgan fingerprint density at radius 2 is 1.79 bits per heavy atom. The van der Waals surface area contributed by atoms with Gasteiger partial charge in [-0.15, -0.1) is 24.0 Å². The molecule has 172 valence electrons. The fraction of sp³-hybridized carbons (Fsp3) is 0.240. The molecule has 8 heteroatoms. The van der Waals surface area contributed by atoms with Crippen molar-refractivity contribution in [3.8, 4) is 5.69 Å². The smallest absolute Gasteiger partial charge is 0.191 e. The Labute approximate surface area is 212 Å². The molecule has 33 heavy (non-hydrogen) atoms. The molecule has 0 saturated carbocycles. The maximum atomic E-state index is 4.76. The lowest BCUT2D eigenvalue weighted by Crippen LogP contribution is -2.38. The van der Waals surface area contributed by atoms with Gasteiger partial charge in [0.2, 0.25) is 0 Å². The molecule has 0 bridgehead atoms. The van der Waals surface area contributed by atoms with Crippen molar-refractivity contribution in [2.75, 3.05) is 13.1 Å². The molecule has 0 spiro atoms. The molecule has 2 N–H and O–H groups in total. The fourth-order valence-electron chi connectivity index (χ4n) is 3.49. The third-order valence-corrected chi connectivity index (χ3v) is 5.09. The Hall–Kier alpha value is -3.14. The number of nitrogens with one attached hydrogen (secondary N) is 2. The maximum Gasteiger partial charge on any atom is 0.191 e. The lowest BCUT2D eigenvalue weighted by molar-refractivity contribution is 0.791. The normalized spacial score (nSPS) is 11.1. The predicted molar refractivity (Wildman–Crippen MR) is 143 cm³/mol. The molecule has 0 atom stereocenters. The topological polar surface area (TPSA) is 72.1 Å². The Morgan fingerprint density at radius 3 is 2.52 bits per heavy atom. The molecule has 0 radical (unpaired) electrons. The van der Waals surface area contributed by atoms with Crippen LogP contribution >= 0.6 is 24.0 Å². The van der Waals surface area contributed by atoms with Crippen molar-refractivity contribution < 1.29 is 0 Å². The molecule has 0 aliphatic heterocycles. The minimum Gasteiger partial charge on any atom is -0.357 e. The van der Waals surface area contributed by atoms with Crippen molar-refractivity contribution in [3.63, 3.8) is 0 Å². The Morgan fingerprint density at radius 1 is 0.939 bits per heavy atom. The van der Waals surface area contributed by atoms with Gasteiger partial charge in [-0.2, -0.15) is 5.10 Å². The SMILES string of the molecule is CCNC(=NCc1cccc(Cn2ccnc2)c1)NCCc1ccc(-n2cccn2)cc1.I. The summed E-state index contributed by atoms with van der Waals surface area (Å²) < 4.78 is 3.93. The summed E-state index contributed by atoms with van der Waals surface area (Å²) in [4.78, 5) is 8.87. The molecule has 7 nitrogen and oxygen atoms in total. The zero-order valence-electron chi connectivity index (χ0n) is 18.8. The van der Waals surface area contributed by atoms with Gasteiger partial charge in [0, 0.05) is 44.4 Å². The van der Waals surface area contributed by atoms with Crippen LogP contribution in [-0.4, -0.2) is 38.4 Å². The molecule has 0 unspecified atom stereocenters. The Kier molecular flexibility index (Phi) is 9.49. The van der Waals surface area contributed by atoms with Crippen LogP contribution < -0.4 is 10.6 Å². The quantitative estimate of drug-likeness (QED) is 0.186. The zero-order valence-corrected chi connectivity index (χ0v) is 21.1. The highest BCUT2D eigenvalue weighted by atomic mass is 127. The molecule has 4 rings (SSSR count). The monoisotopic (exact) mass is 555 g/mol. The van der Waals surface area contributed by atoms with Crippen LogP contribution in [-0.2, 0) is 19.5 Å². The largest absolute Gasteiger partial charge is 0.357 e. The van der Waals surface area contributed by atoms with Gasteiger partial charge in [-0.3, -0.25) is 0 Å². The summed E-state index contributed by atoms with van der Waals surface area (Å²) in [5, 5.41) is 11.0. The second kappa shape index (κ2) is 12.8. The van der Waals surface area contributed by atoms with Crippen LogP contribution in [0.1, 0.15) is 23.6 Å². The number of guanidine groups is 1. The number of aromatic nitrogens is 4. The van der Waals surface area contributed by atoms with Gasteiger partial charge in [0.1, 0.15) is 0 Å². The van der Waals surface area contributed by atoms with Crippen molar-refractivity contribution >= 4 is 29.9 Å². The van der Waals surface area contributed by atoms with Crippen LogP contribution in [0.2, 0.25) is 0 Å². The van der Waals surface area contributed by atoms with Crippen molar-refractivity contribution in [3.05, 3.63) is 102 Å². The molecule has 0 aliphatic carbocycles. The summed E-state index contributed by atoms with van der Waals surface area (Å²) in [6.45, 7) is 5.16. The molecule has 2 aromatic heterocycles. The van der Waals surface area contributed by atoms with Gasteiger partial charge >= 0.3 is 0 Å². The second-order valence-corrected chi connectivity index (χ2v) is 7.54. The van der Waals surface area contributed by atoms with Crippen LogP contribution in [0.15, 0.2) is 90.7 Å². The molecule has 0 amide bonds. The number of benzene rings is 2. The lowest BCUT2D eigenvalue weighted by atomic mass is 10.1. The van der Waals surface area contributed by atoms with E-state index >= 15 is 0 Å². The molecule has 0 fully saturated rings. The number of rotatable bonds is 9. The molecule has 0 aliphatic rings. The van der Waals surface area contributed by atoms with Gasteiger partial charge in [-0.1, -0.05) is 36.4 Å². The van der Waals surface area contributed by atoms with Crippen LogP contribution in [0.5, 0.6) is 0 Å². The van der Waals surface area contributed by atoms with Crippen molar-refractivity contribution in [2.45, 2.75) is 26.4 Å². The van der Waals surface area contributed by atoms with E-state index in [1.807, 2.05) is 29.5 Å². The first-order valence-corrected chi connectivity index (χ1v) is 10.9. The molecule has 0 saturated heterocycles. The molecular weight excluding hydrogens is 525 g/mol. The Balaban J connectivity index is 0.00000306. The summed E-state index contributed by atoms with van der Waals surface area (Å²) in [6, 6.07) is 19.0. The van der Waals surface area contributed by atoms with E-state index in [1.165, 1.54) is 16.7 Å². The van der Waals surface area contributed by atoms with Gasteiger partial charge in [0.15, 0.2) is 5.96 Å². The minimum atomic E-state index is 0. The van der Waals surface area contributed by atoms with Crippen molar-refractivity contribution in [2.24, 2.45) is 4.99 Å². The summed E-state index contributed by atoms with van der Waals surface area (Å²) in [6.07, 6.45) is 10.3. The van der Waals surface area contributed by atoms with E-state index in [1.54, 1.807) is 12.4 Å². The van der Waals surface area contributed by atoms with E-state index in [0.29, 0.717) is 6.54 Å². The minimum absolute atomic E-state index is 0. The Bertz CT molecular complexity index is 1100. The van der Waals surface area contributed by atoms with Gasteiger partial charge < -0.3 is 15.2 Å². The number of halogens is 1. The number of hydrogen-bond acceptors (Lipinski definition) is 3. The van der Waals surface area contributed by atoms with Crippen LogP contribution in [0.4, 0.5) is 0 Å². The van der Waals surface area contributed by atoms with E-state index in [-0.39, 0.29) is 24.0 Å². The van der Waals surface area contributed by atoms with Gasteiger partial charge in [0.05, 0.1) is 18.6 Å². The standard InChI is InChI=1S/C25H29N7.HI/c1-2-27-25(28-13-11-21-7-9-24(10-8-21)32-15-4-12-30-32)29-18-22-5-3-6-23(17-22)19-31-16-14-26-20-31;/h3-10,12,14-17,20H,2,11,13,18-19H2,1H3,(H2,27,28,29);1H. The van der Waals surface area contributed by atoms with Crippen LogP contribution in [0, 0.1) is 0 Å². The fourth-order valence-corrected chi connectivity index (χ4v) is 3.49. The first-order valence-electron chi connectivity index (χ1n) is 10.9. The van der Waals surface area contributed by atoms with Gasteiger partial charge in [-0.05, 0) is 48.2 Å². The van der Waals surface area contributed by atoms with Gasteiger partial charge in [-0.25, -0.2) is 14.7 Å². The highest BCUT2D eigenvalue weighted by Crippen LogP contribution is 2.10. The number of imidazole rings is 1. The molecular formula is C25H30IN7.